The fourth-order valence-electron chi connectivity index (χ4n) is 8.98. The molecule has 2 aliphatic carbocycles. The van der Waals surface area contributed by atoms with E-state index in [2.05, 4.69) is 181 Å². The SMILES string of the molecule is c1ccc(-c2cccc(N(c3ccc4c(c3)C3(c5ccccc5-c5ccccc53)c3ccccc3-4)c3ccc4oc5ccccc5c4c3)c2)cc1. The van der Waals surface area contributed by atoms with E-state index in [1.54, 1.807) is 0 Å². The van der Waals surface area contributed by atoms with E-state index in [0.717, 1.165) is 39.0 Å². The highest BCUT2D eigenvalue weighted by atomic mass is 16.3. The predicted molar refractivity (Wildman–Crippen MR) is 210 cm³/mol. The van der Waals surface area contributed by atoms with Crippen LogP contribution in [0.1, 0.15) is 22.3 Å². The van der Waals surface area contributed by atoms with Crippen LogP contribution in [0.25, 0.3) is 55.3 Å². The van der Waals surface area contributed by atoms with Gasteiger partial charge in [0.15, 0.2) is 0 Å². The third-order valence-corrected chi connectivity index (χ3v) is 11.1. The standard InChI is InChI=1S/C49H31NO/c1-2-13-32(14-3-1)33-15-12-16-34(29-33)50(35-26-28-48-42(30-35)41-20-7-11-24-47(41)51-48)36-25-27-40-39-19-6-10-23-45(39)49(46(40)31-36)43-21-8-4-17-37(43)38-18-5-9-22-44(38)49/h1-31H. The Kier molecular flexibility index (Phi) is 5.91. The molecule has 8 aromatic carbocycles. The maximum absolute atomic E-state index is 6.28. The quantitative estimate of drug-likeness (QED) is 0.189. The minimum atomic E-state index is -0.419. The van der Waals surface area contributed by atoms with Crippen LogP contribution in [-0.2, 0) is 5.41 Å². The second kappa shape index (κ2) is 10.7. The normalized spacial score (nSPS) is 13.3. The molecule has 0 aliphatic heterocycles. The van der Waals surface area contributed by atoms with Crippen LogP contribution < -0.4 is 4.90 Å². The van der Waals surface area contributed by atoms with Gasteiger partial charge in [0.1, 0.15) is 11.2 Å². The van der Waals surface area contributed by atoms with Crippen LogP contribution in [0.3, 0.4) is 0 Å². The summed E-state index contributed by atoms with van der Waals surface area (Å²) in [5.41, 5.74) is 17.6. The summed E-state index contributed by atoms with van der Waals surface area (Å²) < 4.78 is 6.28. The molecule has 238 valence electrons. The molecule has 9 aromatic rings. The van der Waals surface area contributed by atoms with Gasteiger partial charge in [-0.2, -0.15) is 0 Å². The van der Waals surface area contributed by atoms with Gasteiger partial charge in [0.2, 0.25) is 0 Å². The first-order valence-corrected chi connectivity index (χ1v) is 17.6. The molecule has 0 amide bonds. The molecule has 2 nitrogen and oxygen atoms in total. The van der Waals surface area contributed by atoms with E-state index in [1.165, 1.54) is 55.6 Å². The summed E-state index contributed by atoms with van der Waals surface area (Å²) in [7, 11) is 0. The van der Waals surface area contributed by atoms with E-state index in [1.807, 2.05) is 12.1 Å². The molecule has 1 heterocycles. The summed E-state index contributed by atoms with van der Waals surface area (Å²) in [5.74, 6) is 0. The Hall–Kier alpha value is -6.64. The molecule has 0 saturated heterocycles. The molecular formula is C49H31NO. The first-order valence-electron chi connectivity index (χ1n) is 17.6. The third kappa shape index (κ3) is 3.93. The monoisotopic (exact) mass is 649 g/mol. The van der Waals surface area contributed by atoms with Gasteiger partial charge in [0, 0.05) is 27.8 Å². The lowest BCUT2D eigenvalue weighted by Crippen LogP contribution is -2.26. The van der Waals surface area contributed by atoms with E-state index in [4.69, 9.17) is 4.42 Å². The topological polar surface area (TPSA) is 16.4 Å². The smallest absolute Gasteiger partial charge is 0.135 e. The van der Waals surface area contributed by atoms with Gasteiger partial charge in [-0.3, -0.25) is 0 Å². The maximum atomic E-state index is 6.28. The summed E-state index contributed by atoms with van der Waals surface area (Å²) in [6.45, 7) is 0. The Labute approximate surface area is 296 Å². The minimum Gasteiger partial charge on any atom is -0.456 e. The van der Waals surface area contributed by atoms with E-state index in [9.17, 15) is 0 Å². The second-order valence-electron chi connectivity index (χ2n) is 13.6. The zero-order valence-electron chi connectivity index (χ0n) is 27.8. The summed E-state index contributed by atoms with van der Waals surface area (Å²) >= 11 is 0. The van der Waals surface area contributed by atoms with Gasteiger partial charge in [-0.15, -0.1) is 0 Å². The fourth-order valence-corrected chi connectivity index (χ4v) is 8.98. The molecule has 0 unspecified atom stereocenters. The van der Waals surface area contributed by atoms with Gasteiger partial charge in [-0.25, -0.2) is 0 Å². The van der Waals surface area contributed by atoms with Crippen molar-refractivity contribution in [3.8, 4) is 33.4 Å². The average molecular weight is 650 g/mol. The van der Waals surface area contributed by atoms with Crippen molar-refractivity contribution in [2.75, 3.05) is 4.90 Å². The predicted octanol–water partition coefficient (Wildman–Crippen LogP) is 13.1. The summed E-state index contributed by atoms with van der Waals surface area (Å²) in [5, 5.41) is 2.23. The number of furan rings is 1. The van der Waals surface area contributed by atoms with Crippen LogP contribution in [0.5, 0.6) is 0 Å². The number of fused-ring (bicyclic) bond motifs is 13. The van der Waals surface area contributed by atoms with Crippen LogP contribution in [0.4, 0.5) is 17.1 Å². The molecule has 0 bridgehead atoms. The number of hydrogen-bond donors (Lipinski definition) is 0. The molecule has 0 atom stereocenters. The largest absolute Gasteiger partial charge is 0.456 e. The third-order valence-electron chi connectivity index (χ3n) is 11.1. The number of benzene rings is 8. The van der Waals surface area contributed by atoms with Crippen molar-refractivity contribution >= 4 is 39.0 Å². The highest BCUT2D eigenvalue weighted by Gasteiger charge is 2.51. The van der Waals surface area contributed by atoms with E-state index in [0.29, 0.717) is 0 Å². The van der Waals surface area contributed by atoms with Crippen molar-refractivity contribution in [1.82, 2.24) is 0 Å². The van der Waals surface area contributed by atoms with Gasteiger partial charge in [0.05, 0.1) is 5.41 Å². The van der Waals surface area contributed by atoms with Crippen molar-refractivity contribution in [2.24, 2.45) is 0 Å². The lowest BCUT2D eigenvalue weighted by molar-refractivity contribution is 0.669. The van der Waals surface area contributed by atoms with Crippen molar-refractivity contribution in [3.05, 3.63) is 210 Å². The van der Waals surface area contributed by atoms with Crippen LogP contribution in [0.15, 0.2) is 192 Å². The molecule has 0 radical (unpaired) electrons. The number of para-hydroxylation sites is 1. The lowest BCUT2D eigenvalue weighted by atomic mass is 9.70. The molecule has 1 aromatic heterocycles. The molecular weight excluding hydrogens is 619 g/mol. The van der Waals surface area contributed by atoms with Crippen molar-refractivity contribution in [3.63, 3.8) is 0 Å². The van der Waals surface area contributed by atoms with Crippen LogP contribution in [-0.4, -0.2) is 0 Å². The Morgan fingerprint density at radius 1 is 0.333 bits per heavy atom. The van der Waals surface area contributed by atoms with E-state index < -0.39 is 5.41 Å². The average Bonchev–Trinajstić information content (AvgIpc) is 3.82. The highest BCUT2D eigenvalue weighted by molar-refractivity contribution is 6.07. The second-order valence-corrected chi connectivity index (χ2v) is 13.6. The van der Waals surface area contributed by atoms with Crippen LogP contribution in [0, 0.1) is 0 Å². The number of anilines is 3. The minimum absolute atomic E-state index is 0.419. The van der Waals surface area contributed by atoms with E-state index >= 15 is 0 Å². The van der Waals surface area contributed by atoms with Gasteiger partial charge >= 0.3 is 0 Å². The van der Waals surface area contributed by atoms with Crippen molar-refractivity contribution < 1.29 is 4.42 Å². The molecule has 2 aliphatic rings. The zero-order chi connectivity index (χ0) is 33.5. The first-order chi connectivity index (χ1) is 25.3. The molecule has 1 spiro atoms. The zero-order valence-corrected chi connectivity index (χ0v) is 27.8. The Balaban J connectivity index is 1.19. The molecule has 51 heavy (non-hydrogen) atoms. The van der Waals surface area contributed by atoms with Gasteiger partial charge in [0.25, 0.3) is 0 Å². The van der Waals surface area contributed by atoms with Crippen molar-refractivity contribution in [2.45, 2.75) is 5.41 Å². The number of nitrogens with zero attached hydrogens (tertiary/aromatic N) is 1. The number of rotatable bonds is 4. The Morgan fingerprint density at radius 2 is 0.863 bits per heavy atom. The van der Waals surface area contributed by atoms with Gasteiger partial charge in [-0.1, -0.05) is 140 Å². The molecule has 0 N–H and O–H groups in total. The Bertz CT molecular complexity index is 2760. The van der Waals surface area contributed by atoms with Crippen LogP contribution in [0.2, 0.25) is 0 Å². The van der Waals surface area contributed by atoms with Gasteiger partial charge < -0.3 is 9.32 Å². The molecule has 2 heteroatoms. The van der Waals surface area contributed by atoms with Crippen molar-refractivity contribution in [1.29, 1.82) is 0 Å². The maximum Gasteiger partial charge on any atom is 0.135 e. The van der Waals surface area contributed by atoms with Crippen LogP contribution >= 0.6 is 0 Å². The number of hydrogen-bond acceptors (Lipinski definition) is 2. The first kappa shape index (κ1) is 28.2. The Morgan fingerprint density at radius 3 is 1.59 bits per heavy atom. The summed E-state index contributed by atoms with van der Waals surface area (Å²) in [6, 6.07) is 68.6. The van der Waals surface area contributed by atoms with E-state index in [-0.39, 0.29) is 0 Å². The molecule has 11 rings (SSSR count). The van der Waals surface area contributed by atoms with Gasteiger partial charge in [-0.05, 0) is 104 Å². The molecule has 0 saturated carbocycles. The summed E-state index contributed by atoms with van der Waals surface area (Å²) in [6.07, 6.45) is 0. The lowest BCUT2D eigenvalue weighted by Gasteiger charge is -2.32. The molecule has 0 fully saturated rings. The fraction of sp³-hybridized carbons (Fsp3) is 0.0204. The summed E-state index contributed by atoms with van der Waals surface area (Å²) in [4.78, 5) is 2.41. The highest BCUT2D eigenvalue weighted by Crippen LogP contribution is 2.63.